The number of carbonyl (C=O) groups excluding carboxylic acids is 1. The fourth-order valence-electron chi connectivity index (χ4n) is 1.29. The average molecular weight is 298 g/mol. The average Bonchev–Trinajstić information content (AvgIpc) is 2.29. The van der Waals surface area contributed by atoms with Crippen LogP contribution in [-0.4, -0.2) is 19.1 Å². The van der Waals surface area contributed by atoms with Gasteiger partial charge in [0.2, 0.25) is 0 Å². The minimum atomic E-state index is -0.308. The van der Waals surface area contributed by atoms with Crippen LogP contribution in [-0.2, 0) is 9.53 Å². The Morgan fingerprint density at radius 1 is 1.53 bits per heavy atom. The predicted octanol–water partition coefficient (Wildman–Crippen LogP) is 3.29. The summed E-state index contributed by atoms with van der Waals surface area (Å²) in [6.45, 7) is 4.81. The Labute approximate surface area is 110 Å². The van der Waals surface area contributed by atoms with Gasteiger partial charge in [0.15, 0.2) is 0 Å². The first-order valence-corrected chi connectivity index (χ1v) is 6.26. The second-order valence-corrected chi connectivity index (χ2v) is 4.37. The van der Waals surface area contributed by atoms with Gasteiger partial charge in [-0.3, -0.25) is 0 Å². The van der Waals surface area contributed by atoms with Gasteiger partial charge in [0.05, 0.1) is 6.61 Å². The lowest BCUT2D eigenvalue weighted by Gasteiger charge is -2.06. The molecule has 0 fully saturated rings. The lowest BCUT2D eigenvalue weighted by atomic mass is 10.2. The topological polar surface area (TPSA) is 38.3 Å². The van der Waals surface area contributed by atoms with Gasteiger partial charge in [0.25, 0.3) is 0 Å². The first-order chi connectivity index (χ1) is 8.13. The summed E-state index contributed by atoms with van der Waals surface area (Å²) < 4.78 is 5.78. The van der Waals surface area contributed by atoms with Crippen LogP contribution in [0.5, 0.6) is 0 Å². The van der Waals surface area contributed by atoms with E-state index in [1.807, 2.05) is 25.1 Å². The van der Waals surface area contributed by atoms with Gasteiger partial charge in [0, 0.05) is 22.8 Å². The van der Waals surface area contributed by atoms with E-state index in [-0.39, 0.29) is 5.97 Å². The van der Waals surface area contributed by atoms with Crippen LogP contribution >= 0.6 is 15.9 Å². The molecule has 1 N–H and O–H groups in total. The number of anilines is 1. The fourth-order valence-corrected chi connectivity index (χ4v) is 1.68. The summed E-state index contributed by atoms with van der Waals surface area (Å²) in [5.74, 6) is -0.308. The first kappa shape index (κ1) is 13.8. The molecule has 0 aliphatic rings. The monoisotopic (exact) mass is 297 g/mol. The van der Waals surface area contributed by atoms with Crippen molar-refractivity contribution in [3.8, 4) is 0 Å². The van der Waals surface area contributed by atoms with Crippen molar-refractivity contribution in [3.63, 3.8) is 0 Å². The Morgan fingerprint density at radius 3 is 3.00 bits per heavy atom. The third kappa shape index (κ3) is 5.04. The Bertz CT molecular complexity index is 416. The molecule has 0 bridgehead atoms. The summed E-state index contributed by atoms with van der Waals surface area (Å²) >= 11 is 3.46. The van der Waals surface area contributed by atoms with Crippen LogP contribution < -0.4 is 5.32 Å². The number of aryl methyl sites for hydroxylation is 1. The zero-order valence-electron chi connectivity index (χ0n) is 10.00. The summed E-state index contributed by atoms with van der Waals surface area (Å²) in [5.41, 5.74) is 2.20. The zero-order valence-corrected chi connectivity index (χ0v) is 11.6. The van der Waals surface area contributed by atoms with E-state index in [9.17, 15) is 4.79 Å². The molecule has 0 atom stereocenters. The molecule has 0 heterocycles. The molecule has 0 aliphatic carbocycles. The molecular formula is C13H16BrNO2. The van der Waals surface area contributed by atoms with Crippen LogP contribution in [0.4, 0.5) is 5.69 Å². The number of hydrogen-bond donors (Lipinski definition) is 1. The lowest BCUT2D eigenvalue weighted by molar-refractivity contribution is -0.137. The van der Waals surface area contributed by atoms with E-state index in [4.69, 9.17) is 4.74 Å². The molecule has 0 radical (unpaired) electrons. The second kappa shape index (κ2) is 7.12. The zero-order chi connectivity index (χ0) is 12.7. The molecule has 0 aliphatic heterocycles. The minimum absolute atomic E-state index is 0.308. The van der Waals surface area contributed by atoms with Crippen LogP contribution in [0.2, 0.25) is 0 Å². The largest absolute Gasteiger partial charge is 0.463 e. The van der Waals surface area contributed by atoms with E-state index in [1.54, 1.807) is 13.0 Å². The van der Waals surface area contributed by atoms with E-state index in [0.29, 0.717) is 13.2 Å². The van der Waals surface area contributed by atoms with Gasteiger partial charge in [0.1, 0.15) is 0 Å². The first-order valence-electron chi connectivity index (χ1n) is 5.46. The van der Waals surface area contributed by atoms with E-state index in [2.05, 4.69) is 21.2 Å². The molecule has 92 valence electrons. The highest BCUT2D eigenvalue weighted by Crippen LogP contribution is 2.22. The maximum Gasteiger partial charge on any atom is 0.330 e. The van der Waals surface area contributed by atoms with Crippen LogP contribution in [0.25, 0.3) is 0 Å². The maximum atomic E-state index is 11.0. The van der Waals surface area contributed by atoms with Crippen LogP contribution in [0.15, 0.2) is 34.8 Å². The van der Waals surface area contributed by atoms with Gasteiger partial charge in [-0.1, -0.05) is 12.1 Å². The second-order valence-electron chi connectivity index (χ2n) is 3.52. The Kier molecular flexibility index (Phi) is 5.77. The van der Waals surface area contributed by atoms with Gasteiger partial charge in [-0.25, -0.2) is 4.79 Å². The summed E-state index contributed by atoms with van der Waals surface area (Å²) in [6.07, 6.45) is 3.17. The molecule has 0 spiro atoms. The van der Waals surface area contributed by atoms with E-state index < -0.39 is 0 Å². The minimum Gasteiger partial charge on any atom is -0.463 e. The summed E-state index contributed by atoms with van der Waals surface area (Å²) in [4.78, 5) is 11.0. The van der Waals surface area contributed by atoms with Crippen molar-refractivity contribution in [2.24, 2.45) is 0 Å². The van der Waals surface area contributed by atoms with Crippen LogP contribution in [0.3, 0.4) is 0 Å². The third-order valence-electron chi connectivity index (χ3n) is 2.07. The Hall–Kier alpha value is -1.29. The van der Waals surface area contributed by atoms with E-state index in [1.165, 1.54) is 11.6 Å². The van der Waals surface area contributed by atoms with Crippen molar-refractivity contribution >= 4 is 27.6 Å². The number of ether oxygens (including phenoxy) is 1. The van der Waals surface area contributed by atoms with E-state index >= 15 is 0 Å². The molecule has 1 rings (SSSR count). The highest BCUT2D eigenvalue weighted by atomic mass is 79.9. The fraction of sp³-hybridized carbons (Fsp3) is 0.308. The quantitative estimate of drug-likeness (QED) is 0.669. The summed E-state index contributed by atoms with van der Waals surface area (Å²) in [6, 6.07) is 6.07. The third-order valence-corrected chi connectivity index (χ3v) is 2.76. The molecule has 1 aromatic carbocycles. The van der Waals surface area contributed by atoms with Crippen molar-refractivity contribution in [1.29, 1.82) is 0 Å². The molecule has 3 nitrogen and oxygen atoms in total. The van der Waals surface area contributed by atoms with Gasteiger partial charge in [-0.05, 0) is 47.5 Å². The standard InChI is InChI=1S/C13H16BrNO2/c1-3-17-13(16)5-4-8-15-12-9-10(2)6-7-11(12)14/h4-7,9,15H,3,8H2,1-2H3/b5-4+. The van der Waals surface area contributed by atoms with Crippen molar-refractivity contribution < 1.29 is 9.53 Å². The number of carbonyl (C=O) groups is 1. The summed E-state index contributed by atoms with van der Waals surface area (Å²) in [5, 5.41) is 3.21. The molecule has 0 saturated heterocycles. The van der Waals surface area contributed by atoms with Crippen molar-refractivity contribution in [1.82, 2.24) is 0 Å². The molecule has 4 heteroatoms. The highest BCUT2D eigenvalue weighted by Gasteiger charge is 1.98. The molecule has 1 aromatic rings. The highest BCUT2D eigenvalue weighted by molar-refractivity contribution is 9.10. The number of nitrogens with one attached hydrogen (secondary N) is 1. The van der Waals surface area contributed by atoms with E-state index in [0.717, 1.165) is 10.2 Å². The maximum absolute atomic E-state index is 11.0. The molecule has 17 heavy (non-hydrogen) atoms. The molecule has 0 aromatic heterocycles. The Morgan fingerprint density at radius 2 is 2.29 bits per heavy atom. The number of benzene rings is 1. The van der Waals surface area contributed by atoms with Gasteiger partial charge in [-0.2, -0.15) is 0 Å². The van der Waals surface area contributed by atoms with Crippen molar-refractivity contribution in [3.05, 3.63) is 40.4 Å². The number of halogens is 1. The normalized spacial score (nSPS) is 10.5. The molecule has 0 saturated carbocycles. The lowest BCUT2D eigenvalue weighted by Crippen LogP contribution is -2.03. The molecule has 0 unspecified atom stereocenters. The van der Waals surface area contributed by atoms with Crippen LogP contribution in [0, 0.1) is 6.92 Å². The number of hydrogen-bond acceptors (Lipinski definition) is 3. The Balaban J connectivity index is 2.45. The van der Waals surface area contributed by atoms with Gasteiger partial charge in [-0.15, -0.1) is 0 Å². The van der Waals surface area contributed by atoms with Crippen molar-refractivity contribution in [2.45, 2.75) is 13.8 Å². The SMILES string of the molecule is CCOC(=O)/C=C/CNc1cc(C)ccc1Br. The van der Waals surface area contributed by atoms with Crippen molar-refractivity contribution in [2.75, 3.05) is 18.5 Å². The molecular weight excluding hydrogens is 282 g/mol. The van der Waals surface area contributed by atoms with Gasteiger partial charge >= 0.3 is 5.97 Å². The smallest absolute Gasteiger partial charge is 0.330 e. The number of rotatable bonds is 5. The molecule has 0 amide bonds. The predicted molar refractivity (Wildman–Crippen MR) is 73.1 cm³/mol. The number of esters is 1. The summed E-state index contributed by atoms with van der Waals surface area (Å²) in [7, 11) is 0. The van der Waals surface area contributed by atoms with Gasteiger partial charge < -0.3 is 10.1 Å². The van der Waals surface area contributed by atoms with Crippen LogP contribution in [0.1, 0.15) is 12.5 Å².